The van der Waals surface area contributed by atoms with Crippen molar-refractivity contribution in [3.05, 3.63) is 0 Å². The molecule has 0 unspecified atom stereocenters. The Balaban J connectivity index is 1.43. The first-order valence-corrected chi connectivity index (χ1v) is 8.82. The van der Waals surface area contributed by atoms with Crippen LogP contribution < -0.4 is 5.73 Å². The minimum absolute atomic E-state index is 0.462. The predicted octanol–water partition coefficient (Wildman–Crippen LogP) is 2.39. The summed E-state index contributed by atoms with van der Waals surface area (Å²) in [5.74, 6) is 0. The topological polar surface area (TPSA) is 32.5 Å². The van der Waals surface area contributed by atoms with E-state index in [1.807, 2.05) is 0 Å². The van der Waals surface area contributed by atoms with Gasteiger partial charge < -0.3 is 15.5 Å². The summed E-state index contributed by atoms with van der Waals surface area (Å²) >= 11 is 5.11. The van der Waals surface area contributed by atoms with Crippen molar-refractivity contribution in [1.29, 1.82) is 0 Å². The molecular formula is C16H29N3S. The fourth-order valence-electron chi connectivity index (χ4n) is 4.14. The SMILES string of the molecule is NC(=S)CC1(CN2CCC(N3CCCCC3)CC2)CC1. The molecule has 0 spiro atoms. The van der Waals surface area contributed by atoms with E-state index in [0.717, 1.165) is 12.5 Å². The monoisotopic (exact) mass is 295 g/mol. The molecule has 2 saturated heterocycles. The number of hydrogen-bond donors (Lipinski definition) is 1. The summed E-state index contributed by atoms with van der Waals surface area (Å²) in [5, 5.41) is 0. The van der Waals surface area contributed by atoms with E-state index < -0.39 is 0 Å². The molecule has 2 heterocycles. The van der Waals surface area contributed by atoms with Gasteiger partial charge in [0.1, 0.15) is 0 Å². The Hall–Kier alpha value is -0.190. The molecule has 3 fully saturated rings. The van der Waals surface area contributed by atoms with Gasteiger partial charge in [-0.15, -0.1) is 0 Å². The van der Waals surface area contributed by atoms with Gasteiger partial charge in [-0.25, -0.2) is 0 Å². The number of rotatable bonds is 5. The lowest BCUT2D eigenvalue weighted by molar-refractivity contribution is 0.0835. The molecule has 0 amide bonds. The average molecular weight is 295 g/mol. The fraction of sp³-hybridized carbons (Fsp3) is 0.938. The van der Waals surface area contributed by atoms with Gasteiger partial charge in [0.25, 0.3) is 0 Å². The van der Waals surface area contributed by atoms with Crippen molar-refractivity contribution in [2.75, 3.05) is 32.7 Å². The van der Waals surface area contributed by atoms with Gasteiger partial charge in [-0.1, -0.05) is 18.6 Å². The standard InChI is InChI=1S/C16H29N3S/c17-15(20)12-16(6-7-16)13-18-10-4-14(5-11-18)19-8-2-1-3-9-19/h14H,1-13H2,(H2,17,20). The Kier molecular flexibility index (Phi) is 4.63. The Bertz CT molecular complexity index is 340. The zero-order valence-electron chi connectivity index (χ0n) is 12.6. The molecule has 0 aromatic carbocycles. The average Bonchev–Trinajstić information content (AvgIpc) is 3.19. The van der Waals surface area contributed by atoms with Crippen molar-refractivity contribution in [2.45, 2.75) is 57.4 Å². The molecule has 0 atom stereocenters. The maximum Gasteiger partial charge on any atom is 0.0733 e. The summed E-state index contributed by atoms with van der Waals surface area (Å²) in [6.45, 7) is 6.48. The van der Waals surface area contributed by atoms with Gasteiger partial charge in [0.05, 0.1) is 4.99 Å². The van der Waals surface area contributed by atoms with Gasteiger partial charge in [0, 0.05) is 19.0 Å². The van der Waals surface area contributed by atoms with Crippen molar-refractivity contribution in [2.24, 2.45) is 11.1 Å². The first kappa shape index (κ1) is 14.7. The third-order valence-corrected chi connectivity index (χ3v) is 5.67. The molecule has 0 bridgehead atoms. The van der Waals surface area contributed by atoms with Crippen LogP contribution in [0.15, 0.2) is 0 Å². The molecule has 1 saturated carbocycles. The third-order valence-electron chi connectivity index (χ3n) is 5.53. The number of likely N-dealkylation sites (tertiary alicyclic amines) is 2. The first-order valence-electron chi connectivity index (χ1n) is 8.42. The van der Waals surface area contributed by atoms with E-state index in [-0.39, 0.29) is 0 Å². The zero-order chi connectivity index (χ0) is 14.0. The molecule has 3 rings (SSSR count). The lowest BCUT2D eigenvalue weighted by Crippen LogP contribution is -2.47. The molecule has 20 heavy (non-hydrogen) atoms. The minimum atomic E-state index is 0.462. The van der Waals surface area contributed by atoms with Crippen molar-refractivity contribution < 1.29 is 0 Å². The minimum Gasteiger partial charge on any atom is -0.393 e. The molecule has 0 aromatic rings. The van der Waals surface area contributed by atoms with E-state index in [2.05, 4.69) is 9.80 Å². The van der Waals surface area contributed by atoms with Gasteiger partial charge >= 0.3 is 0 Å². The number of piperidine rings is 2. The van der Waals surface area contributed by atoms with E-state index in [4.69, 9.17) is 18.0 Å². The van der Waals surface area contributed by atoms with E-state index in [0.29, 0.717) is 10.4 Å². The molecule has 4 heteroatoms. The second-order valence-electron chi connectivity index (χ2n) is 7.25. The summed E-state index contributed by atoms with van der Waals surface area (Å²) in [6, 6.07) is 0.859. The summed E-state index contributed by atoms with van der Waals surface area (Å²) in [4.78, 5) is 6.14. The molecular weight excluding hydrogens is 266 g/mol. The Morgan fingerprint density at radius 2 is 1.70 bits per heavy atom. The molecule has 2 N–H and O–H groups in total. The van der Waals surface area contributed by atoms with Crippen LogP contribution in [-0.2, 0) is 0 Å². The Morgan fingerprint density at radius 3 is 2.25 bits per heavy atom. The third kappa shape index (κ3) is 3.71. The maximum absolute atomic E-state index is 5.75. The van der Waals surface area contributed by atoms with Crippen LogP contribution in [0, 0.1) is 5.41 Å². The van der Waals surface area contributed by atoms with Gasteiger partial charge in [-0.2, -0.15) is 0 Å². The van der Waals surface area contributed by atoms with Crippen LogP contribution in [-0.4, -0.2) is 53.6 Å². The lowest BCUT2D eigenvalue weighted by atomic mass is 9.96. The molecule has 0 radical (unpaired) electrons. The summed E-state index contributed by atoms with van der Waals surface area (Å²) in [5.41, 5.74) is 6.21. The number of hydrogen-bond acceptors (Lipinski definition) is 3. The maximum atomic E-state index is 5.75. The van der Waals surface area contributed by atoms with E-state index >= 15 is 0 Å². The van der Waals surface area contributed by atoms with Crippen LogP contribution in [0.1, 0.15) is 51.4 Å². The van der Waals surface area contributed by atoms with E-state index in [1.165, 1.54) is 77.7 Å². The summed E-state index contributed by atoms with van der Waals surface area (Å²) in [6.07, 6.45) is 10.6. The normalized spacial score (nSPS) is 28.4. The van der Waals surface area contributed by atoms with Crippen molar-refractivity contribution in [1.82, 2.24) is 9.80 Å². The van der Waals surface area contributed by atoms with Crippen LogP contribution in [0.2, 0.25) is 0 Å². The highest BCUT2D eigenvalue weighted by Crippen LogP contribution is 2.49. The van der Waals surface area contributed by atoms with Crippen LogP contribution in [0.25, 0.3) is 0 Å². The fourth-order valence-corrected chi connectivity index (χ4v) is 4.44. The quantitative estimate of drug-likeness (QED) is 0.790. The Morgan fingerprint density at radius 1 is 1.05 bits per heavy atom. The summed E-state index contributed by atoms with van der Waals surface area (Å²) in [7, 11) is 0. The molecule has 3 aliphatic rings. The summed E-state index contributed by atoms with van der Waals surface area (Å²) < 4.78 is 0. The largest absolute Gasteiger partial charge is 0.393 e. The highest BCUT2D eigenvalue weighted by Gasteiger charge is 2.44. The van der Waals surface area contributed by atoms with Crippen molar-refractivity contribution >= 4 is 17.2 Å². The van der Waals surface area contributed by atoms with Crippen LogP contribution in [0.3, 0.4) is 0 Å². The number of nitrogens with zero attached hydrogens (tertiary/aromatic N) is 2. The lowest BCUT2D eigenvalue weighted by Gasteiger charge is -2.41. The van der Waals surface area contributed by atoms with Crippen LogP contribution in [0.4, 0.5) is 0 Å². The van der Waals surface area contributed by atoms with Crippen LogP contribution in [0.5, 0.6) is 0 Å². The van der Waals surface area contributed by atoms with Crippen molar-refractivity contribution in [3.63, 3.8) is 0 Å². The highest BCUT2D eigenvalue weighted by molar-refractivity contribution is 7.80. The molecule has 2 aliphatic heterocycles. The number of thiocarbonyl (C=S) groups is 1. The Labute approximate surface area is 128 Å². The highest BCUT2D eigenvalue weighted by atomic mass is 32.1. The van der Waals surface area contributed by atoms with Crippen LogP contribution >= 0.6 is 12.2 Å². The smallest absolute Gasteiger partial charge is 0.0733 e. The predicted molar refractivity (Wildman–Crippen MR) is 88.0 cm³/mol. The van der Waals surface area contributed by atoms with Gasteiger partial charge in [-0.3, -0.25) is 0 Å². The van der Waals surface area contributed by atoms with E-state index in [9.17, 15) is 0 Å². The molecule has 114 valence electrons. The first-order chi connectivity index (χ1) is 9.67. The number of nitrogens with two attached hydrogens (primary N) is 1. The van der Waals surface area contributed by atoms with Gasteiger partial charge in [0.2, 0.25) is 0 Å². The zero-order valence-corrected chi connectivity index (χ0v) is 13.5. The van der Waals surface area contributed by atoms with Gasteiger partial charge in [-0.05, 0) is 70.1 Å². The molecule has 1 aliphatic carbocycles. The molecule has 0 aromatic heterocycles. The van der Waals surface area contributed by atoms with Gasteiger partial charge in [0.15, 0.2) is 0 Å². The van der Waals surface area contributed by atoms with Crippen molar-refractivity contribution in [3.8, 4) is 0 Å². The second kappa shape index (κ2) is 6.29. The van der Waals surface area contributed by atoms with E-state index in [1.54, 1.807) is 0 Å². The molecule has 3 nitrogen and oxygen atoms in total. The second-order valence-corrected chi connectivity index (χ2v) is 7.77.